The van der Waals surface area contributed by atoms with Crippen molar-refractivity contribution in [1.29, 1.82) is 0 Å². The first kappa shape index (κ1) is 16.4. The minimum Gasteiger partial charge on any atom is -0.352 e. The van der Waals surface area contributed by atoms with Gasteiger partial charge in [0.1, 0.15) is 12.7 Å². The maximum absolute atomic E-state index is 12.1. The molecule has 0 unspecified atom stereocenters. The van der Waals surface area contributed by atoms with Crippen LogP contribution in [0.1, 0.15) is 64.2 Å². The Morgan fingerprint density at radius 1 is 1.09 bits per heavy atom. The highest BCUT2D eigenvalue weighted by Crippen LogP contribution is 2.24. The van der Waals surface area contributed by atoms with E-state index in [1.165, 1.54) is 51.3 Å². The molecule has 1 aromatic heterocycles. The predicted octanol–water partition coefficient (Wildman–Crippen LogP) is 2.02. The summed E-state index contributed by atoms with van der Waals surface area (Å²) in [4.78, 5) is 16.0. The van der Waals surface area contributed by atoms with Crippen LogP contribution in [0.25, 0.3) is 0 Å². The predicted molar refractivity (Wildman–Crippen MR) is 88.8 cm³/mol. The summed E-state index contributed by atoms with van der Waals surface area (Å²) in [5, 5.41) is 11.0. The molecular formula is C17H29N5O. The standard InChI is InChI=1S/C17H29N5O/c23-17(8-5-11-22-13-18-12-19-22)21-16-10-9-15(16)20-14-6-3-1-2-4-7-14/h12-16,20H,1-11H2,(H,21,23)/t15-,16+/m1/s1. The summed E-state index contributed by atoms with van der Waals surface area (Å²) in [6.45, 7) is 0.752. The second kappa shape index (κ2) is 8.43. The van der Waals surface area contributed by atoms with Gasteiger partial charge in [0.25, 0.3) is 0 Å². The zero-order valence-electron chi connectivity index (χ0n) is 13.9. The Bertz CT molecular complexity index is 467. The smallest absolute Gasteiger partial charge is 0.220 e. The van der Waals surface area contributed by atoms with Gasteiger partial charge in [0.2, 0.25) is 5.91 Å². The molecule has 1 amide bonds. The second-order valence-electron chi connectivity index (χ2n) is 6.98. The zero-order valence-corrected chi connectivity index (χ0v) is 13.9. The van der Waals surface area contributed by atoms with Crippen LogP contribution in [0.4, 0.5) is 0 Å². The van der Waals surface area contributed by atoms with E-state index in [0.717, 1.165) is 19.4 Å². The number of rotatable bonds is 7. The fraction of sp³-hybridized carbons (Fsp3) is 0.824. The molecule has 2 aliphatic carbocycles. The van der Waals surface area contributed by atoms with Crippen LogP contribution in [-0.2, 0) is 11.3 Å². The highest BCUT2D eigenvalue weighted by Gasteiger charge is 2.33. The number of hydrogen-bond donors (Lipinski definition) is 2. The monoisotopic (exact) mass is 319 g/mol. The normalized spacial score (nSPS) is 25.6. The summed E-state index contributed by atoms with van der Waals surface area (Å²) in [7, 11) is 0. The van der Waals surface area contributed by atoms with Crippen molar-refractivity contribution >= 4 is 5.91 Å². The number of nitrogens with zero attached hydrogens (tertiary/aromatic N) is 3. The minimum atomic E-state index is 0.169. The molecule has 2 aliphatic rings. The third-order valence-corrected chi connectivity index (χ3v) is 5.18. The Hall–Kier alpha value is -1.43. The lowest BCUT2D eigenvalue weighted by atomic mass is 9.85. The van der Waals surface area contributed by atoms with Crippen LogP contribution in [0, 0.1) is 0 Å². The van der Waals surface area contributed by atoms with Crippen LogP contribution >= 0.6 is 0 Å². The van der Waals surface area contributed by atoms with Gasteiger partial charge in [-0.25, -0.2) is 4.98 Å². The Morgan fingerprint density at radius 2 is 1.87 bits per heavy atom. The quantitative estimate of drug-likeness (QED) is 0.754. The van der Waals surface area contributed by atoms with Crippen molar-refractivity contribution in [3.8, 4) is 0 Å². The molecule has 6 heteroatoms. The Kier molecular flexibility index (Phi) is 6.02. The highest BCUT2D eigenvalue weighted by atomic mass is 16.1. The number of hydrogen-bond acceptors (Lipinski definition) is 4. The lowest BCUT2D eigenvalue weighted by Crippen LogP contribution is -2.58. The average molecular weight is 319 g/mol. The first-order chi connectivity index (χ1) is 11.3. The van der Waals surface area contributed by atoms with Gasteiger partial charge in [-0.2, -0.15) is 5.10 Å². The van der Waals surface area contributed by atoms with Crippen LogP contribution in [0.15, 0.2) is 12.7 Å². The molecule has 2 N–H and O–H groups in total. The molecule has 0 saturated heterocycles. The second-order valence-corrected chi connectivity index (χ2v) is 6.98. The van der Waals surface area contributed by atoms with Gasteiger partial charge in [-0.1, -0.05) is 25.7 Å². The molecule has 2 saturated carbocycles. The summed E-state index contributed by atoms with van der Waals surface area (Å²) >= 11 is 0. The third kappa shape index (κ3) is 5.03. The van der Waals surface area contributed by atoms with E-state index in [9.17, 15) is 4.79 Å². The molecule has 6 nitrogen and oxygen atoms in total. The van der Waals surface area contributed by atoms with Crippen LogP contribution in [0.5, 0.6) is 0 Å². The van der Waals surface area contributed by atoms with E-state index in [1.807, 2.05) is 0 Å². The first-order valence-electron chi connectivity index (χ1n) is 9.19. The maximum Gasteiger partial charge on any atom is 0.220 e. The van der Waals surface area contributed by atoms with Crippen molar-refractivity contribution in [1.82, 2.24) is 25.4 Å². The van der Waals surface area contributed by atoms with E-state index >= 15 is 0 Å². The SMILES string of the molecule is O=C(CCCn1cncn1)N[C@H]1CC[C@H]1NC1CCCCCC1. The number of nitrogens with one attached hydrogen (secondary N) is 2. The summed E-state index contributed by atoms with van der Waals surface area (Å²) in [5.41, 5.74) is 0. The summed E-state index contributed by atoms with van der Waals surface area (Å²) < 4.78 is 1.77. The Labute approximate surface area is 138 Å². The van der Waals surface area contributed by atoms with Crippen molar-refractivity contribution in [3.63, 3.8) is 0 Å². The number of aromatic nitrogens is 3. The molecule has 0 bridgehead atoms. The third-order valence-electron chi connectivity index (χ3n) is 5.18. The van der Waals surface area contributed by atoms with Crippen molar-refractivity contribution in [2.24, 2.45) is 0 Å². The van der Waals surface area contributed by atoms with Gasteiger partial charge in [-0.3, -0.25) is 9.48 Å². The van der Waals surface area contributed by atoms with E-state index in [0.29, 0.717) is 24.5 Å². The van der Waals surface area contributed by atoms with E-state index in [1.54, 1.807) is 11.0 Å². The fourth-order valence-electron chi connectivity index (χ4n) is 3.65. The van der Waals surface area contributed by atoms with Gasteiger partial charge >= 0.3 is 0 Å². The molecule has 23 heavy (non-hydrogen) atoms. The van der Waals surface area contributed by atoms with Gasteiger partial charge in [0.05, 0.1) is 0 Å². The lowest BCUT2D eigenvalue weighted by Gasteiger charge is -2.40. The number of aryl methyl sites for hydroxylation is 1. The molecule has 0 radical (unpaired) electrons. The number of carbonyl (C=O) groups excluding carboxylic acids is 1. The molecule has 0 spiro atoms. The molecule has 2 fully saturated rings. The van der Waals surface area contributed by atoms with Gasteiger partial charge < -0.3 is 10.6 Å². The summed E-state index contributed by atoms with van der Waals surface area (Å²) in [6, 6.07) is 1.48. The topological polar surface area (TPSA) is 71.8 Å². The average Bonchev–Trinajstić information content (AvgIpc) is 2.91. The van der Waals surface area contributed by atoms with Crippen LogP contribution in [0.3, 0.4) is 0 Å². The molecular weight excluding hydrogens is 290 g/mol. The molecule has 0 aromatic carbocycles. The van der Waals surface area contributed by atoms with Crippen LogP contribution in [-0.4, -0.2) is 38.8 Å². The van der Waals surface area contributed by atoms with E-state index in [2.05, 4.69) is 20.7 Å². The fourth-order valence-corrected chi connectivity index (χ4v) is 3.65. The number of carbonyl (C=O) groups is 1. The van der Waals surface area contributed by atoms with Gasteiger partial charge in [-0.05, 0) is 32.1 Å². The Morgan fingerprint density at radius 3 is 2.52 bits per heavy atom. The lowest BCUT2D eigenvalue weighted by molar-refractivity contribution is -0.122. The summed E-state index contributed by atoms with van der Waals surface area (Å²) in [6.07, 6.45) is 15.0. The van der Waals surface area contributed by atoms with Crippen molar-refractivity contribution in [3.05, 3.63) is 12.7 Å². The maximum atomic E-state index is 12.1. The van der Waals surface area contributed by atoms with Crippen molar-refractivity contribution in [2.45, 2.75) is 88.9 Å². The largest absolute Gasteiger partial charge is 0.352 e. The van der Waals surface area contributed by atoms with Crippen LogP contribution in [0.2, 0.25) is 0 Å². The summed E-state index contributed by atoms with van der Waals surface area (Å²) in [5.74, 6) is 0.169. The molecule has 2 atom stereocenters. The molecule has 128 valence electrons. The van der Waals surface area contributed by atoms with Gasteiger partial charge in [0, 0.05) is 31.1 Å². The van der Waals surface area contributed by atoms with Crippen molar-refractivity contribution in [2.75, 3.05) is 0 Å². The molecule has 1 heterocycles. The van der Waals surface area contributed by atoms with Crippen LogP contribution < -0.4 is 10.6 Å². The highest BCUT2D eigenvalue weighted by molar-refractivity contribution is 5.76. The van der Waals surface area contributed by atoms with E-state index < -0.39 is 0 Å². The molecule has 3 rings (SSSR count). The van der Waals surface area contributed by atoms with Crippen molar-refractivity contribution < 1.29 is 4.79 Å². The van der Waals surface area contributed by atoms with Gasteiger partial charge in [-0.15, -0.1) is 0 Å². The van der Waals surface area contributed by atoms with E-state index in [4.69, 9.17) is 0 Å². The number of amides is 1. The zero-order chi connectivity index (χ0) is 15.9. The first-order valence-corrected chi connectivity index (χ1v) is 9.19. The minimum absolute atomic E-state index is 0.169. The molecule has 0 aliphatic heterocycles. The van der Waals surface area contributed by atoms with Gasteiger partial charge in [0.15, 0.2) is 0 Å². The Balaban J connectivity index is 1.33. The van der Waals surface area contributed by atoms with E-state index in [-0.39, 0.29) is 5.91 Å². The molecule has 1 aromatic rings.